The maximum Gasteiger partial charge on any atom is 0.0972 e. The first kappa shape index (κ1) is 13.2. The fraction of sp³-hybridized carbons (Fsp3) is 0.400. The monoisotopic (exact) mass is 260 g/mol. The second-order valence-electron chi connectivity index (χ2n) is 4.84. The lowest BCUT2D eigenvalue weighted by atomic mass is 10.1. The van der Waals surface area contributed by atoms with Crippen LogP contribution in [0.1, 0.15) is 39.5 Å². The van der Waals surface area contributed by atoms with E-state index in [2.05, 4.69) is 49.3 Å². The molecule has 0 aliphatic carbocycles. The van der Waals surface area contributed by atoms with Crippen molar-refractivity contribution in [1.82, 2.24) is 10.3 Å². The zero-order chi connectivity index (χ0) is 13.1. The molecule has 1 unspecified atom stereocenters. The Morgan fingerprint density at radius 1 is 1.22 bits per heavy atom. The summed E-state index contributed by atoms with van der Waals surface area (Å²) in [6, 6.07) is 7.08. The Bertz CT molecular complexity index is 511. The van der Waals surface area contributed by atoms with Crippen LogP contribution >= 0.6 is 11.3 Å². The molecule has 1 aromatic carbocycles. The van der Waals surface area contributed by atoms with Crippen molar-refractivity contribution in [3.63, 3.8) is 0 Å². The normalized spacial score (nSPS) is 12.7. The lowest BCUT2D eigenvalue weighted by Crippen LogP contribution is -2.10. The Kier molecular flexibility index (Phi) is 4.15. The van der Waals surface area contributed by atoms with Gasteiger partial charge in [-0.05, 0) is 33.4 Å². The van der Waals surface area contributed by atoms with E-state index in [4.69, 9.17) is 0 Å². The van der Waals surface area contributed by atoms with E-state index in [1.165, 1.54) is 26.6 Å². The summed E-state index contributed by atoms with van der Waals surface area (Å²) in [6.07, 6.45) is 2.92. The first-order valence-electron chi connectivity index (χ1n) is 6.27. The van der Waals surface area contributed by atoms with Gasteiger partial charge in [-0.2, -0.15) is 0 Å². The Labute approximate surface area is 113 Å². The van der Waals surface area contributed by atoms with Crippen molar-refractivity contribution in [2.24, 2.45) is 0 Å². The summed E-state index contributed by atoms with van der Waals surface area (Å²) in [7, 11) is 1.98. The van der Waals surface area contributed by atoms with E-state index >= 15 is 0 Å². The van der Waals surface area contributed by atoms with Crippen LogP contribution in [-0.4, -0.2) is 12.0 Å². The molecule has 0 radical (unpaired) electrons. The minimum Gasteiger partial charge on any atom is -0.312 e. The lowest BCUT2D eigenvalue weighted by molar-refractivity contribution is 0.662. The fourth-order valence-corrected chi connectivity index (χ4v) is 3.11. The summed E-state index contributed by atoms with van der Waals surface area (Å²) < 4.78 is 0. The molecule has 2 nitrogen and oxygen atoms in total. The minimum absolute atomic E-state index is 0.385. The molecular weight excluding hydrogens is 240 g/mol. The van der Waals surface area contributed by atoms with E-state index in [1.54, 1.807) is 11.3 Å². The zero-order valence-corrected chi connectivity index (χ0v) is 12.3. The second-order valence-corrected chi connectivity index (χ2v) is 5.99. The molecular formula is C15H20N2S. The minimum atomic E-state index is 0.385. The third-order valence-electron chi connectivity index (χ3n) is 3.07. The van der Waals surface area contributed by atoms with Gasteiger partial charge in [-0.1, -0.05) is 29.3 Å². The Hall–Kier alpha value is -1.19. The number of aryl methyl sites for hydroxylation is 2. The molecule has 2 aromatic rings. The molecule has 1 aromatic heterocycles. The lowest BCUT2D eigenvalue weighted by Gasteiger charge is -2.05. The molecule has 1 N–H and O–H groups in total. The summed E-state index contributed by atoms with van der Waals surface area (Å²) in [6.45, 7) is 6.45. The summed E-state index contributed by atoms with van der Waals surface area (Å²) in [5, 5.41) is 4.44. The van der Waals surface area contributed by atoms with Crippen LogP contribution in [0.5, 0.6) is 0 Å². The second kappa shape index (κ2) is 5.63. The van der Waals surface area contributed by atoms with Gasteiger partial charge >= 0.3 is 0 Å². The third kappa shape index (κ3) is 3.18. The summed E-state index contributed by atoms with van der Waals surface area (Å²) >= 11 is 1.80. The van der Waals surface area contributed by atoms with Gasteiger partial charge in [0.1, 0.15) is 0 Å². The molecule has 0 aliphatic rings. The predicted octanol–water partition coefficient (Wildman–Crippen LogP) is 3.63. The molecule has 2 rings (SSSR count). The van der Waals surface area contributed by atoms with Gasteiger partial charge in [0, 0.05) is 23.5 Å². The van der Waals surface area contributed by atoms with Crippen LogP contribution in [-0.2, 0) is 6.42 Å². The van der Waals surface area contributed by atoms with Crippen molar-refractivity contribution in [3.05, 3.63) is 51.0 Å². The molecule has 0 saturated carbocycles. The van der Waals surface area contributed by atoms with Crippen LogP contribution < -0.4 is 5.32 Å². The summed E-state index contributed by atoms with van der Waals surface area (Å²) in [5.41, 5.74) is 4.00. The highest BCUT2D eigenvalue weighted by atomic mass is 32.1. The largest absolute Gasteiger partial charge is 0.312 e. The molecule has 0 amide bonds. The first-order chi connectivity index (χ1) is 8.58. The average Bonchev–Trinajstić information content (AvgIpc) is 2.75. The number of thiazole rings is 1. The van der Waals surface area contributed by atoms with Crippen molar-refractivity contribution in [2.75, 3.05) is 7.05 Å². The van der Waals surface area contributed by atoms with Gasteiger partial charge in [0.05, 0.1) is 5.01 Å². The maximum absolute atomic E-state index is 4.52. The molecule has 0 saturated heterocycles. The van der Waals surface area contributed by atoms with Gasteiger partial charge in [-0.15, -0.1) is 11.3 Å². The summed E-state index contributed by atoms with van der Waals surface area (Å²) in [5.74, 6) is 0. The van der Waals surface area contributed by atoms with Crippen molar-refractivity contribution in [2.45, 2.75) is 33.2 Å². The van der Waals surface area contributed by atoms with Gasteiger partial charge in [-0.25, -0.2) is 4.98 Å². The van der Waals surface area contributed by atoms with Crippen molar-refractivity contribution < 1.29 is 0 Å². The van der Waals surface area contributed by atoms with Crippen LogP contribution in [0.4, 0.5) is 0 Å². The molecule has 1 atom stereocenters. The Balaban J connectivity index is 2.16. The van der Waals surface area contributed by atoms with E-state index in [0.717, 1.165) is 6.42 Å². The van der Waals surface area contributed by atoms with Gasteiger partial charge in [0.15, 0.2) is 0 Å². The zero-order valence-electron chi connectivity index (χ0n) is 11.4. The topological polar surface area (TPSA) is 24.9 Å². The molecule has 18 heavy (non-hydrogen) atoms. The highest BCUT2D eigenvalue weighted by Crippen LogP contribution is 2.23. The predicted molar refractivity (Wildman–Crippen MR) is 78.3 cm³/mol. The van der Waals surface area contributed by atoms with E-state index in [1.807, 2.05) is 13.2 Å². The number of aromatic nitrogens is 1. The Morgan fingerprint density at radius 3 is 2.50 bits per heavy atom. The van der Waals surface area contributed by atoms with Crippen molar-refractivity contribution in [1.29, 1.82) is 0 Å². The number of nitrogens with zero attached hydrogens (tertiary/aromatic N) is 1. The number of benzene rings is 1. The van der Waals surface area contributed by atoms with Crippen molar-refractivity contribution >= 4 is 11.3 Å². The molecule has 0 bridgehead atoms. The quantitative estimate of drug-likeness (QED) is 0.908. The number of hydrogen-bond donors (Lipinski definition) is 1. The van der Waals surface area contributed by atoms with E-state index in [9.17, 15) is 0 Å². The Morgan fingerprint density at radius 2 is 1.89 bits per heavy atom. The third-order valence-corrected chi connectivity index (χ3v) is 4.25. The van der Waals surface area contributed by atoms with Crippen LogP contribution in [0.2, 0.25) is 0 Å². The van der Waals surface area contributed by atoms with Crippen LogP contribution in [0.25, 0.3) is 0 Å². The van der Waals surface area contributed by atoms with E-state index < -0.39 is 0 Å². The number of rotatable bonds is 4. The molecule has 96 valence electrons. The first-order valence-corrected chi connectivity index (χ1v) is 7.09. The van der Waals surface area contributed by atoms with E-state index in [0.29, 0.717) is 6.04 Å². The molecule has 0 fully saturated rings. The molecule has 0 aliphatic heterocycles. The molecule has 1 heterocycles. The van der Waals surface area contributed by atoms with Gasteiger partial charge in [0.2, 0.25) is 0 Å². The highest BCUT2D eigenvalue weighted by molar-refractivity contribution is 7.11. The standard InChI is InChI=1S/C15H20N2S/c1-10-5-11(2)7-13(6-10)8-15-17-9-14(18-15)12(3)16-4/h5-7,9,12,16H,8H2,1-4H3. The fourth-order valence-electron chi connectivity index (χ4n) is 2.09. The van der Waals surface area contributed by atoms with Crippen LogP contribution in [0.3, 0.4) is 0 Å². The number of nitrogens with one attached hydrogen (secondary N) is 1. The maximum atomic E-state index is 4.52. The van der Waals surface area contributed by atoms with Crippen molar-refractivity contribution in [3.8, 4) is 0 Å². The average molecular weight is 260 g/mol. The van der Waals surface area contributed by atoms with Crippen LogP contribution in [0.15, 0.2) is 24.4 Å². The summed E-state index contributed by atoms with van der Waals surface area (Å²) in [4.78, 5) is 5.82. The molecule has 0 spiro atoms. The molecule has 3 heteroatoms. The van der Waals surface area contributed by atoms with Gasteiger partial charge < -0.3 is 5.32 Å². The highest BCUT2D eigenvalue weighted by Gasteiger charge is 2.08. The van der Waals surface area contributed by atoms with E-state index in [-0.39, 0.29) is 0 Å². The smallest absolute Gasteiger partial charge is 0.0972 e. The van der Waals surface area contributed by atoms with Gasteiger partial charge in [0.25, 0.3) is 0 Å². The SMILES string of the molecule is CNC(C)c1cnc(Cc2cc(C)cc(C)c2)s1. The number of hydrogen-bond acceptors (Lipinski definition) is 3. The van der Waals surface area contributed by atoms with Gasteiger partial charge in [-0.3, -0.25) is 0 Å². The van der Waals surface area contributed by atoms with Crippen LogP contribution in [0, 0.1) is 13.8 Å².